The van der Waals surface area contributed by atoms with Gasteiger partial charge in [-0.3, -0.25) is 9.59 Å². The molecule has 0 aromatic carbocycles. The summed E-state index contributed by atoms with van der Waals surface area (Å²) in [4.78, 5) is 27.2. The van der Waals surface area contributed by atoms with Crippen molar-refractivity contribution >= 4 is 5.78 Å². The molecule has 2 saturated carbocycles. The third-order valence-electron chi connectivity index (χ3n) is 7.41. The fourth-order valence-electron chi connectivity index (χ4n) is 5.95. The van der Waals surface area contributed by atoms with Crippen molar-refractivity contribution in [3.05, 3.63) is 45.5 Å². The van der Waals surface area contributed by atoms with Gasteiger partial charge in [-0.2, -0.15) is 0 Å². The summed E-state index contributed by atoms with van der Waals surface area (Å²) in [6.07, 6.45) is 1.90. The van der Waals surface area contributed by atoms with Crippen molar-refractivity contribution in [2.75, 3.05) is 13.1 Å². The lowest BCUT2D eigenvalue weighted by atomic mass is 9.82. The lowest BCUT2D eigenvalue weighted by Crippen LogP contribution is -2.46. The normalized spacial score (nSPS) is 36.8. The molecule has 2 aliphatic carbocycles. The van der Waals surface area contributed by atoms with E-state index in [0.29, 0.717) is 34.9 Å². The fourth-order valence-corrected chi connectivity index (χ4v) is 5.95. The van der Waals surface area contributed by atoms with Gasteiger partial charge in [0.05, 0.1) is 0 Å². The first kappa shape index (κ1) is 15.4. The third kappa shape index (κ3) is 2.06. The standard InChI is InChI=1S/C21H26N2O2/c1-12(19-17(24)8-15-20(19)21(15,2)3)22-9-13-7-14(11-22)16-5-4-6-18(25)23(16)10-13/h4-6,13-15,20H,7-11H2,1-3H3. The molecule has 2 bridgehead atoms. The van der Waals surface area contributed by atoms with Gasteiger partial charge in [0.1, 0.15) is 0 Å². The number of aromatic nitrogens is 1. The van der Waals surface area contributed by atoms with Crippen LogP contribution in [-0.2, 0) is 11.3 Å². The number of likely N-dealkylation sites (tertiary alicyclic amines) is 1. The molecule has 1 aromatic rings. The van der Waals surface area contributed by atoms with Crippen molar-refractivity contribution in [1.29, 1.82) is 0 Å². The number of Topliss-reactive ketones (excluding diaryl/α,β-unsaturated/α-hetero) is 1. The van der Waals surface area contributed by atoms with Crippen molar-refractivity contribution in [2.45, 2.75) is 46.1 Å². The number of pyridine rings is 1. The number of nitrogens with zero attached hydrogens (tertiary/aromatic N) is 2. The van der Waals surface area contributed by atoms with Gasteiger partial charge in [-0.15, -0.1) is 0 Å². The van der Waals surface area contributed by atoms with Gasteiger partial charge in [-0.1, -0.05) is 19.9 Å². The highest BCUT2D eigenvalue weighted by atomic mass is 16.1. The fraction of sp³-hybridized carbons (Fsp3) is 0.619. The molecule has 25 heavy (non-hydrogen) atoms. The van der Waals surface area contributed by atoms with E-state index < -0.39 is 0 Å². The summed E-state index contributed by atoms with van der Waals surface area (Å²) in [6.45, 7) is 9.47. The summed E-state index contributed by atoms with van der Waals surface area (Å²) in [7, 11) is 0. The van der Waals surface area contributed by atoms with Crippen LogP contribution in [-0.4, -0.2) is 28.3 Å². The number of ketones is 1. The number of hydrogen-bond acceptors (Lipinski definition) is 3. The maximum Gasteiger partial charge on any atom is 0.250 e. The Bertz CT molecular complexity index is 863. The molecule has 0 radical (unpaired) electrons. The number of allylic oxidation sites excluding steroid dienone is 2. The average Bonchev–Trinajstić information content (AvgIpc) is 2.90. The van der Waals surface area contributed by atoms with Crippen molar-refractivity contribution in [3.8, 4) is 0 Å². The largest absolute Gasteiger partial charge is 0.374 e. The Labute approximate surface area is 148 Å². The molecule has 1 saturated heterocycles. The van der Waals surface area contributed by atoms with E-state index in [1.807, 2.05) is 10.6 Å². The number of carbonyl (C=O) groups excluding carboxylic acids is 1. The number of fused-ring (bicyclic) bond motifs is 5. The highest BCUT2D eigenvalue weighted by molar-refractivity contribution is 6.01. The van der Waals surface area contributed by atoms with Crippen LogP contribution in [0.1, 0.15) is 45.2 Å². The minimum atomic E-state index is 0.129. The molecule has 3 fully saturated rings. The number of piperidine rings is 1. The molecular formula is C21H26N2O2. The highest BCUT2D eigenvalue weighted by Crippen LogP contribution is 2.68. The molecule has 4 unspecified atom stereocenters. The summed E-state index contributed by atoms with van der Waals surface area (Å²) in [5, 5.41) is 0. The van der Waals surface area contributed by atoms with Crippen LogP contribution in [0.2, 0.25) is 0 Å². The van der Waals surface area contributed by atoms with Gasteiger partial charge >= 0.3 is 0 Å². The van der Waals surface area contributed by atoms with Crippen molar-refractivity contribution in [1.82, 2.24) is 9.47 Å². The van der Waals surface area contributed by atoms with Gasteiger partial charge in [0.2, 0.25) is 0 Å². The molecule has 0 N–H and O–H groups in total. The minimum Gasteiger partial charge on any atom is -0.374 e. The smallest absolute Gasteiger partial charge is 0.250 e. The van der Waals surface area contributed by atoms with E-state index >= 15 is 0 Å². The molecular weight excluding hydrogens is 312 g/mol. The first-order valence-electron chi connectivity index (χ1n) is 9.56. The molecule has 4 heteroatoms. The summed E-state index contributed by atoms with van der Waals surface area (Å²) >= 11 is 0. The summed E-state index contributed by atoms with van der Waals surface area (Å²) in [5.74, 6) is 2.31. The average molecular weight is 338 g/mol. The third-order valence-corrected chi connectivity index (χ3v) is 7.41. The van der Waals surface area contributed by atoms with Gasteiger partial charge in [-0.05, 0) is 42.6 Å². The number of hydrogen-bond donors (Lipinski definition) is 0. The summed E-state index contributed by atoms with van der Waals surface area (Å²) in [5.41, 5.74) is 3.93. The zero-order chi connectivity index (χ0) is 17.5. The van der Waals surface area contributed by atoms with Crippen LogP contribution < -0.4 is 5.56 Å². The van der Waals surface area contributed by atoms with E-state index in [9.17, 15) is 9.59 Å². The lowest BCUT2D eigenvalue weighted by Gasteiger charge is -2.44. The lowest BCUT2D eigenvalue weighted by molar-refractivity contribution is -0.115. The summed E-state index contributed by atoms with van der Waals surface area (Å²) in [6, 6.07) is 5.66. The highest BCUT2D eigenvalue weighted by Gasteiger charge is 2.65. The van der Waals surface area contributed by atoms with E-state index in [0.717, 1.165) is 38.0 Å². The van der Waals surface area contributed by atoms with Crippen molar-refractivity contribution in [2.24, 2.45) is 23.2 Å². The predicted molar refractivity (Wildman–Crippen MR) is 96.2 cm³/mol. The molecule has 0 amide bonds. The molecule has 3 heterocycles. The van der Waals surface area contributed by atoms with Gasteiger partial charge in [-0.25, -0.2) is 0 Å². The Morgan fingerprint density at radius 3 is 2.72 bits per heavy atom. The number of rotatable bonds is 1. The molecule has 2 aliphatic heterocycles. The summed E-state index contributed by atoms with van der Waals surface area (Å²) < 4.78 is 1.97. The molecule has 1 aromatic heterocycles. The second-order valence-electron chi connectivity index (χ2n) is 9.14. The van der Waals surface area contributed by atoms with E-state index in [-0.39, 0.29) is 5.56 Å². The van der Waals surface area contributed by atoms with Crippen LogP contribution in [0.15, 0.2) is 34.3 Å². The van der Waals surface area contributed by atoms with Crippen molar-refractivity contribution < 1.29 is 4.79 Å². The van der Waals surface area contributed by atoms with E-state index in [1.165, 1.54) is 11.4 Å². The zero-order valence-electron chi connectivity index (χ0n) is 15.3. The topological polar surface area (TPSA) is 42.3 Å². The van der Waals surface area contributed by atoms with Crippen molar-refractivity contribution in [3.63, 3.8) is 0 Å². The van der Waals surface area contributed by atoms with Crippen LogP contribution in [0, 0.1) is 23.2 Å². The van der Waals surface area contributed by atoms with E-state index in [4.69, 9.17) is 0 Å². The van der Waals surface area contributed by atoms with Crippen LogP contribution in [0.25, 0.3) is 0 Å². The second kappa shape index (κ2) is 4.87. The molecule has 4 atom stereocenters. The van der Waals surface area contributed by atoms with Gasteiger partial charge in [0.15, 0.2) is 5.78 Å². The van der Waals surface area contributed by atoms with E-state index in [2.05, 4.69) is 31.7 Å². The SMILES string of the molecule is CC(=C1C(=O)CC2C1C2(C)C)N1CC2CC(C1)c1cccc(=O)n1C2. The zero-order valence-corrected chi connectivity index (χ0v) is 15.3. The predicted octanol–water partition coefficient (Wildman–Crippen LogP) is 2.79. The first-order valence-corrected chi connectivity index (χ1v) is 9.56. The minimum absolute atomic E-state index is 0.129. The Morgan fingerprint density at radius 2 is 1.96 bits per heavy atom. The Morgan fingerprint density at radius 1 is 1.16 bits per heavy atom. The Hall–Kier alpha value is -1.84. The second-order valence-corrected chi connectivity index (χ2v) is 9.14. The van der Waals surface area contributed by atoms with E-state index in [1.54, 1.807) is 6.07 Å². The van der Waals surface area contributed by atoms with Gasteiger partial charge < -0.3 is 9.47 Å². The first-order chi connectivity index (χ1) is 11.9. The number of carbonyl (C=O) groups is 1. The molecule has 0 spiro atoms. The van der Waals surface area contributed by atoms with Gasteiger partial charge in [0, 0.05) is 55.0 Å². The Balaban J connectivity index is 1.49. The molecule has 4 nitrogen and oxygen atoms in total. The maximum absolute atomic E-state index is 12.5. The maximum atomic E-state index is 12.5. The Kier molecular flexibility index (Phi) is 3.00. The molecule has 5 rings (SSSR count). The van der Waals surface area contributed by atoms with Crippen LogP contribution in [0.5, 0.6) is 0 Å². The monoisotopic (exact) mass is 338 g/mol. The molecule has 132 valence electrons. The van der Waals surface area contributed by atoms with Crippen LogP contribution >= 0.6 is 0 Å². The molecule has 4 aliphatic rings. The quantitative estimate of drug-likeness (QED) is 0.740. The van der Waals surface area contributed by atoms with Gasteiger partial charge in [0.25, 0.3) is 5.56 Å². The van der Waals surface area contributed by atoms with Crippen LogP contribution in [0.4, 0.5) is 0 Å². The van der Waals surface area contributed by atoms with Crippen LogP contribution in [0.3, 0.4) is 0 Å².